The van der Waals surface area contributed by atoms with Crippen molar-refractivity contribution >= 4 is 24.0 Å². The van der Waals surface area contributed by atoms with Crippen molar-refractivity contribution in [1.29, 1.82) is 5.26 Å². The first-order chi connectivity index (χ1) is 23.9. The van der Waals surface area contributed by atoms with Gasteiger partial charge in [-0.05, 0) is 74.6 Å². The van der Waals surface area contributed by atoms with Gasteiger partial charge in [0.2, 0.25) is 5.95 Å². The number of halogens is 1. The lowest BCUT2D eigenvalue weighted by Gasteiger charge is -2.42. The van der Waals surface area contributed by atoms with E-state index in [0.29, 0.717) is 54.6 Å². The first-order valence-corrected chi connectivity index (χ1v) is 17.0. The van der Waals surface area contributed by atoms with E-state index in [1.54, 1.807) is 30.3 Å². The summed E-state index contributed by atoms with van der Waals surface area (Å²) < 4.78 is 27.0. The number of aromatic nitrogens is 8. The van der Waals surface area contributed by atoms with Gasteiger partial charge in [0, 0.05) is 57.2 Å². The standard InChI is InChI=1S/C34H45N11O4.ClH/c1-23-18-43(19-24(2)48-23)29-8-10-30(11-9-29)45-21-31(33(40-45)47-13-5-12-46-4)39-34-36-16-28(17-37-34)26-6-7-27(15-35)32(14-26)49-25(3)20-44-22-38-41-42-44;/h6-7,14,16-17,21-25,29-30H,5,8-13,18-20H2,1-4H3,(H,36,37,39);1H/t23-,24+,25?,29?,30?;. The van der Waals surface area contributed by atoms with Crippen LogP contribution in [0.25, 0.3) is 11.1 Å². The molecule has 1 aliphatic carbocycles. The predicted octanol–water partition coefficient (Wildman–Crippen LogP) is 4.84. The molecule has 1 saturated carbocycles. The molecule has 4 heterocycles. The van der Waals surface area contributed by atoms with E-state index in [9.17, 15) is 5.26 Å². The first-order valence-electron chi connectivity index (χ1n) is 17.0. The number of benzene rings is 1. The van der Waals surface area contributed by atoms with Crippen molar-refractivity contribution in [3.05, 3.63) is 48.7 Å². The molecule has 2 aliphatic rings. The van der Waals surface area contributed by atoms with Crippen molar-refractivity contribution in [2.45, 2.75) is 89.8 Å². The Morgan fingerprint density at radius 2 is 1.78 bits per heavy atom. The highest BCUT2D eigenvalue weighted by molar-refractivity contribution is 5.85. The predicted molar refractivity (Wildman–Crippen MR) is 188 cm³/mol. The molecular formula is C34H46ClN11O4. The van der Waals surface area contributed by atoms with Crippen molar-refractivity contribution < 1.29 is 18.9 Å². The minimum Gasteiger partial charge on any atom is -0.487 e. The molecule has 50 heavy (non-hydrogen) atoms. The molecule has 1 N–H and O–H groups in total. The second kappa shape index (κ2) is 17.5. The van der Waals surface area contributed by atoms with Gasteiger partial charge in [0.15, 0.2) is 0 Å². The Morgan fingerprint density at radius 3 is 2.46 bits per heavy atom. The van der Waals surface area contributed by atoms with Gasteiger partial charge in [-0.1, -0.05) is 6.07 Å². The largest absolute Gasteiger partial charge is 0.487 e. The van der Waals surface area contributed by atoms with E-state index < -0.39 is 0 Å². The maximum atomic E-state index is 9.67. The summed E-state index contributed by atoms with van der Waals surface area (Å²) in [5.41, 5.74) is 2.75. The van der Waals surface area contributed by atoms with Crippen LogP contribution in [0.5, 0.6) is 11.6 Å². The van der Waals surface area contributed by atoms with Gasteiger partial charge >= 0.3 is 0 Å². The maximum Gasteiger partial charge on any atom is 0.256 e. The van der Waals surface area contributed by atoms with Crippen LogP contribution in [-0.2, 0) is 16.0 Å². The highest BCUT2D eigenvalue weighted by Crippen LogP contribution is 2.35. The zero-order chi connectivity index (χ0) is 34.2. The number of rotatable bonds is 14. The molecule has 2 fully saturated rings. The summed E-state index contributed by atoms with van der Waals surface area (Å²) in [4.78, 5) is 11.8. The van der Waals surface area contributed by atoms with Crippen LogP contribution >= 0.6 is 12.4 Å². The Hall–Kier alpha value is -4.36. The van der Waals surface area contributed by atoms with Gasteiger partial charge < -0.3 is 24.3 Å². The highest BCUT2D eigenvalue weighted by Gasteiger charge is 2.32. The van der Waals surface area contributed by atoms with Gasteiger partial charge in [-0.15, -0.1) is 22.6 Å². The fraction of sp³-hybridized carbons (Fsp3) is 0.559. The monoisotopic (exact) mass is 707 g/mol. The van der Waals surface area contributed by atoms with Gasteiger partial charge in [0.05, 0.1) is 43.2 Å². The first kappa shape index (κ1) is 36.9. The summed E-state index contributed by atoms with van der Waals surface area (Å²) in [6.45, 7) is 9.75. The molecular weight excluding hydrogens is 662 g/mol. The minimum absolute atomic E-state index is 0. The van der Waals surface area contributed by atoms with Crippen LogP contribution in [0, 0.1) is 11.3 Å². The molecule has 15 nitrogen and oxygen atoms in total. The second-order valence-electron chi connectivity index (χ2n) is 12.9. The number of methoxy groups -OCH3 is 1. The number of nitriles is 1. The van der Waals surface area contributed by atoms with E-state index in [-0.39, 0.29) is 36.8 Å². The molecule has 1 saturated heterocycles. The normalized spacial score (nSPS) is 21.5. The number of morpholine rings is 1. The number of nitrogens with zero attached hydrogens (tertiary/aromatic N) is 10. The molecule has 16 heteroatoms. The van der Waals surface area contributed by atoms with E-state index in [4.69, 9.17) is 24.0 Å². The van der Waals surface area contributed by atoms with Crippen LogP contribution in [-0.4, -0.2) is 103 Å². The van der Waals surface area contributed by atoms with Crippen LogP contribution < -0.4 is 14.8 Å². The Morgan fingerprint density at radius 1 is 1.04 bits per heavy atom. The average Bonchev–Trinajstić information content (AvgIpc) is 3.76. The molecule has 4 aromatic rings. The topological polar surface area (TPSA) is 163 Å². The van der Waals surface area contributed by atoms with Crippen molar-refractivity contribution in [1.82, 2.24) is 44.9 Å². The highest BCUT2D eigenvalue weighted by atomic mass is 35.5. The fourth-order valence-corrected chi connectivity index (χ4v) is 6.67. The third-order valence-electron chi connectivity index (χ3n) is 8.93. The van der Waals surface area contributed by atoms with E-state index in [0.717, 1.165) is 56.3 Å². The Balaban J connectivity index is 0.00000486. The molecule has 3 atom stereocenters. The maximum absolute atomic E-state index is 9.67. The number of hydrogen-bond donors (Lipinski definition) is 1. The van der Waals surface area contributed by atoms with E-state index in [2.05, 4.69) is 55.6 Å². The number of tetrazole rings is 1. The van der Waals surface area contributed by atoms with Crippen molar-refractivity contribution in [3.8, 4) is 28.8 Å². The average molecular weight is 708 g/mol. The Labute approximate surface area is 298 Å². The Bertz CT molecular complexity index is 1660. The minimum atomic E-state index is -0.270. The summed E-state index contributed by atoms with van der Waals surface area (Å²) in [6.07, 6.45) is 12.4. The Kier molecular flexibility index (Phi) is 12.9. The van der Waals surface area contributed by atoms with Gasteiger partial charge in [0.25, 0.3) is 5.88 Å². The van der Waals surface area contributed by atoms with Crippen molar-refractivity contribution in [3.63, 3.8) is 0 Å². The third-order valence-corrected chi connectivity index (χ3v) is 8.93. The summed E-state index contributed by atoms with van der Waals surface area (Å²) in [5.74, 6) is 1.41. The smallest absolute Gasteiger partial charge is 0.256 e. The van der Waals surface area contributed by atoms with Crippen LogP contribution in [0.3, 0.4) is 0 Å². The molecule has 0 bridgehead atoms. The molecule has 268 valence electrons. The van der Waals surface area contributed by atoms with Crippen molar-refractivity contribution in [2.24, 2.45) is 0 Å². The quantitative estimate of drug-likeness (QED) is 0.177. The number of ether oxygens (including phenoxy) is 4. The lowest BCUT2D eigenvalue weighted by molar-refractivity contribution is -0.0852. The van der Waals surface area contributed by atoms with Gasteiger partial charge in [-0.3, -0.25) is 9.58 Å². The summed E-state index contributed by atoms with van der Waals surface area (Å²) in [7, 11) is 1.68. The lowest BCUT2D eigenvalue weighted by Crippen LogP contribution is -2.51. The fourth-order valence-electron chi connectivity index (χ4n) is 6.67. The van der Waals surface area contributed by atoms with Gasteiger partial charge in [-0.2, -0.15) is 5.26 Å². The van der Waals surface area contributed by atoms with Crippen molar-refractivity contribution in [2.75, 3.05) is 38.7 Å². The van der Waals surface area contributed by atoms with Gasteiger partial charge in [-0.25, -0.2) is 14.6 Å². The molecule has 1 aromatic carbocycles. The van der Waals surface area contributed by atoms with Crippen LogP contribution in [0.2, 0.25) is 0 Å². The molecule has 6 rings (SSSR count). The lowest BCUT2D eigenvalue weighted by atomic mass is 9.89. The zero-order valence-electron chi connectivity index (χ0n) is 29.0. The third kappa shape index (κ3) is 9.45. The summed E-state index contributed by atoms with van der Waals surface area (Å²) >= 11 is 0. The molecule has 1 unspecified atom stereocenters. The number of hydrogen-bond acceptors (Lipinski definition) is 13. The summed E-state index contributed by atoms with van der Waals surface area (Å²) in [6, 6.07) is 8.48. The molecule has 0 radical (unpaired) electrons. The van der Waals surface area contributed by atoms with Crippen LogP contribution in [0.15, 0.2) is 43.1 Å². The second-order valence-corrected chi connectivity index (χ2v) is 12.9. The zero-order valence-corrected chi connectivity index (χ0v) is 29.8. The SMILES string of the molecule is COCCCOc1nn(C2CCC(N3C[C@@H](C)O[C@@H](C)C3)CC2)cc1Nc1ncc(-c2ccc(C#N)c(OC(C)Cn3cnnn3)c2)cn1.Cl. The van der Waals surface area contributed by atoms with E-state index in [1.165, 1.54) is 6.33 Å². The number of anilines is 2. The van der Waals surface area contributed by atoms with Crippen LogP contribution in [0.4, 0.5) is 11.6 Å². The van der Waals surface area contributed by atoms with E-state index in [1.807, 2.05) is 29.9 Å². The van der Waals surface area contributed by atoms with E-state index >= 15 is 0 Å². The molecule has 0 amide bonds. The van der Waals surface area contributed by atoms with Gasteiger partial charge in [0.1, 0.15) is 29.9 Å². The summed E-state index contributed by atoms with van der Waals surface area (Å²) in [5, 5.41) is 29.1. The molecule has 3 aromatic heterocycles. The molecule has 1 aliphatic heterocycles. The number of nitrogens with one attached hydrogen (secondary N) is 1. The van der Waals surface area contributed by atoms with Crippen LogP contribution in [0.1, 0.15) is 64.5 Å². The molecule has 0 spiro atoms.